The van der Waals surface area contributed by atoms with E-state index in [0.717, 1.165) is 11.4 Å². The number of hydrogen-bond acceptors (Lipinski definition) is 4. The van der Waals surface area contributed by atoms with Crippen LogP contribution in [0.4, 0.5) is 10.2 Å². The second-order valence-corrected chi connectivity index (χ2v) is 4.31. The van der Waals surface area contributed by atoms with Gasteiger partial charge in [0.1, 0.15) is 0 Å². The summed E-state index contributed by atoms with van der Waals surface area (Å²) in [6, 6.07) is 8.47. The summed E-state index contributed by atoms with van der Waals surface area (Å²) >= 11 is 0. The number of halogens is 1. The summed E-state index contributed by atoms with van der Waals surface area (Å²) in [7, 11) is 0. The van der Waals surface area contributed by atoms with Gasteiger partial charge < -0.3 is 0 Å². The van der Waals surface area contributed by atoms with Gasteiger partial charge in [-0.1, -0.05) is 19.9 Å². The van der Waals surface area contributed by atoms with Crippen LogP contribution in [-0.2, 0) is 0 Å². The van der Waals surface area contributed by atoms with Crippen LogP contribution in [0.25, 0.3) is 0 Å². The third-order valence-electron chi connectivity index (χ3n) is 2.51. The molecule has 0 unspecified atom stereocenters. The zero-order valence-corrected chi connectivity index (χ0v) is 10.8. The third-order valence-corrected chi connectivity index (χ3v) is 2.51. The molecule has 0 aromatic carbocycles. The van der Waals surface area contributed by atoms with Crippen LogP contribution in [0.1, 0.15) is 19.5 Å². The molecular formula is C14H15FN4. The highest BCUT2D eigenvalue weighted by Gasteiger charge is 2.10. The van der Waals surface area contributed by atoms with E-state index in [-0.39, 0.29) is 11.7 Å². The van der Waals surface area contributed by atoms with Crippen LogP contribution in [0.3, 0.4) is 0 Å². The van der Waals surface area contributed by atoms with Crippen molar-refractivity contribution in [2.24, 2.45) is 11.0 Å². The first kappa shape index (κ1) is 13.1. The van der Waals surface area contributed by atoms with Gasteiger partial charge in [-0.15, -0.1) is 0 Å². The fraction of sp³-hybridized carbons (Fsp3) is 0.214. The molecular weight excluding hydrogens is 243 g/mol. The number of anilines is 1. The lowest BCUT2D eigenvalue weighted by Gasteiger charge is -2.10. The molecule has 0 atom stereocenters. The van der Waals surface area contributed by atoms with Gasteiger partial charge in [-0.05, 0) is 30.2 Å². The van der Waals surface area contributed by atoms with Crippen molar-refractivity contribution in [1.29, 1.82) is 0 Å². The van der Waals surface area contributed by atoms with Gasteiger partial charge in [0.15, 0.2) is 11.6 Å². The molecule has 0 aliphatic rings. The number of aromatic nitrogens is 2. The molecule has 0 bridgehead atoms. The highest BCUT2D eigenvalue weighted by atomic mass is 19.1. The van der Waals surface area contributed by atoms with Gasteiger partial charge in [-0.3, -0.25) is 10.4 Å². The molecule has 2 rings (SSSR count). The summed E-state index contributed by atoms with van der Waals surface area (Å²) in [4.78, 5) is 8.14. The van der Waals surface area contributed by atoms with Gasteiger partial charge in [0.25, 0.3) is 0 Å². The first-order valence-electron chi connectivity index (χ1n) is 6.04. The molecule has 0 fully saturated rings. The molecule has 1 N–H and O–H groups in total. The molecule has 98 valence electrons. The summed E-state index contributed by atoms with van der Waals surface area (Å²) in [5, 5.41) is 4.23. The molecule has 19 heavy (non-hydrogen) atoms. The minimum Gasteiger partial charge on any atom is -0.259 e. The van der Waals surface area contributed by atoms with Crippen molar-refractivity contribution >= 4 is 11.5 Å². The molecule has 0 spiro atoms. The molecule has 4 nitrogen and oxygen atoms in total. The minimum atomic E-state index is -0.435. The zero-order valence-electron chi connectivity index (χ0n) is 10.8. The van der Waals surface area contributed by atoms with Gasteiger partial charge in [0.2, 0.25) is 0 Å². The number of rotatable bonds is 4. The zero-order chi connectivity index (χ0) is 13.7. The first-order chi connectivity index (χ1) is 9.18. The van der Waals surface area contributed by atoms with Crippen molar-refractivity contribution in [3.63, 3.8) is 0 Å². The van der Waals surface area contributed by atoms with E-state index in [9.17, 15) is 4.39 Å². The fourth-order valence-electron chi connectivity index (χ4n) is 1.58. The standard InChI is InChI=1S/C14H15FN4/c1-10(2)13(12-7-3-4-8-16-12)18-19-14-11(15)6-5-9-17-14/h3-10H,1-2H3,(H,17,19)/b18-13+. The topological polar surface area (TPSA) is 50.2 Å². The maximum Gasteiger partial charge on any atom is 0.182 e. The second-order valence-electron chi connectivity index (χ2n) is 4.31. The Morgan fingerprint density at radius 1 is 1.16 bits per heavy atom. The van der Waals surface area contributed by atoms with Crippen molar-refractivity contribution in [2.75, 3.05) is 5.43 Å². The Morgan fingerprint density at radius 2 is 1.95 bits per heavy atom. The predicted octanol–water partition coefficient (Wildman–Crippen LogP) is 3.09. The van der Waals surface area contributed by atoms with Crippen molar-refractivity contribution in [3.05, 3.63) is 54.2 Å². The van der Waals surface area contributed by atoms with Crippen molar-refractivity contribution in [1.82, 2.24) is 9.97 Å². The van der Waals surface area contributed by atoms with E-state index in [0.29, 0.717) is 0 Å². The number of hydrazone groups is 1. The Morgan fingerprint density at radius 3 is 2.58 bits per heavy atom. The number of hydrogen-bond donors (Lipinski definition) is 1. The van der Waals surface area contributed by atoms with Crippen LogP contribution in [0.2, 0.25) is 0 Å². The predicted molar refractivity (Wildman–Crippen MR) is 73.4 cm³/mol. The lowest BCUT2D eigenvalue weighted by Crippen LogP contribution is -2.14. The Hall–Kier alpha value is -2.30. The van der Waals surface area contributed by atoms with Crippen LogP contribution in [0.5, 0.6) is 0 Å². The van der Waals surface area contributed by atoms with E-state index in [1.165, 1.54) is 18.3 Å². The lowest BCUT2D eigenvalue weighted by atomic mass is 10.1. The first-order valence-corrected chi connectivity index (χ1v) is 6.04. The highest BCUT2D eigenvalue weighted by molar-refractivity contribution is 6.00. The van der Waals surface area contributed by atoms with Gasteiger partial charge >= 0.3 is 0 Å². The van der Waals surface area contributed by atoms with Crippen LogP contribution in [-0.4, -0.2) is 15.7 Å². The van der Waals surface area contributed by atoms with Crippen LogP contribution in [0, 0.1) is 11.7 Å². The number of nitrogens with one attached hydrogen (secondary N) is 1. The largest absolute Gasteiger partial charge is 0.259 e. The van der Waals surface area contributed by atoms with Crippen molar-refractivity contribution in [3.8, 4) is 0 Å². The monoisotopic (exact) mass is 258 g/mol. The van der Waals surface area contributed by atoms with E-state index in [4.69, 9.17) is 0 Å². The third kappa shape index (κ3) is 3.34. The molecule has 2 aromatic heterocycles. The maximum atomic E-state index is 13.4. The second kappa shape index (κ2) is 6.04. The summed E-state index contributed by atoms with van der Waals surface area (Å²) in [5.74, 6) is -0.166. The summed E-state index contributed by atoms with van der Waals surface area (Å²) in [6.45, 7) is 4.01. The van der Waals surface area contributed by atoms with E-state index in [2.05, 4.69) is 20.5 Å². The highest BCUT2D eigenvalue weighted by Crippen LogP contribution is 2.11. The Balaban J connectivity index is 2.26. The SMILES string of the molecule is CC(C)/C(=N\Nc1ncccc1F)c1ccccn1. The summed E-state index contributed by atoms with van der Waals surface area (Å²) in [6.07, 6.45) is 3.21. The normalized spacial score (nSPS) is 11.7. The average molecular weight is 258 g/mol. The minimum absolute atomic E-state index is 0.108. The van der Waals surface area contributed by atoms with E-state index in [1.807, 2.05) is 32.0 Å². The van der Waals surface area contributed by atoms with Gasteiger partial charge in [0, 0.05) is 12.4 Å². The van der Waals surface area contributed by atoms with Gasteiger partial charge in [0.05, 0.1) is 11.4 Å². The molecule has 0 aliphatic carbocycles. The number of pyridine rings is 2. The average Bonchev–Trinajstić information content (AvgIpc) is 2.42. The number of nitrogens with zero attached hydrogens (tertiary/aromatic N) is 3. The Labute approximate surface area is 111 Å². The van der Waals surface area contributed by atoms with E-state index >= 15 is 0 Å². The Kier molecular flexibility index (Phi) is 4.18. The molecule has 2 aromatic rings. The fourth-order valence-corrected chi connectivity index (χ4v) is 1.58. The Bertz CT molecular complexity index is 567. The van der Waals surface area contributed by atoms with Crippen LogP contribution >= 0.6 is 0 Å². The maximum absolute atomic E-state index is 13.4. The summed E-state index contributed by atoms with van der Waals surface area (Å²) in [5.41, 5.74) is 4.18. The molecule has 0 amide bonds. The molecule has 0 saturated heterocycles. The molecule has 0 saturated carbocycles. The van der Waals surface area contributed by atoms with Crippen molar-refractivity contribution in [2.45, 2.75) is 13.8 Å². The van der Waals surface area contributed by atoms with Crippen LogP contribution in [0.15, 0.2) is 47.8 Å². The lowest BCUT2D eigenvalue weighted by molar-refractivity contribution is 0.625. The van der Waals surface area contributed by atoms with Crippen molar-refractivity contribution < 1.29 is 4.39 Å². The van der Waals surface area contributed by atoms with Crippen LogP contribution < -0.4 is 5.43 Å². The van der Waals surface area contributed by atoms with Gasteiger partial charge in [-0.25, -0.2) is 9.37 Å². The molecule has 2 heterocycles. The van der Waals surface area contributed by atoms with E-state index in [1.54, 1.807) is 6.20 Å². The van der Waals surface area contributed by atoms with Gasteiger partial charge in [-0.2, -0.15) is 5.10 Å². The quantitative estimate of drug-likeness (QED) is 0.677. The molecule has 0 aliphatic heterocycles. The molecule has 5 heteroatoms. The smallest absolute Gasteiger partial charge is 0.182 e. The summed E-state index contributed by atoms with van der Waals surface area (Å²) < 4.78 is 13.4. The molecule has 0 radical (unpaired) electrons. The van der Waals surface area contributed by atoms with E-state index < -0.39 is 5.82 Å².